The van der Waals surface area contributed by atoms with E-state index in [9.17, 15) is 4.79 Å². The van der Waals surface area contributed by atoms with E-state index >= 15 is 0 Å². The van der Waals surface area contributed by atoms with Gasteiger partial charge in [0.25, 0.3) is 0 Å². The summed E-state index contributed by atoms with van der Waals surface area (Å²) in [6.45, 7) is 0. The molecule has 0 saturated heterocycles. The molecule has 0 aliphatic carbocycles. The molecule has 116 valence electrons. The average molecular weight is 316 g/mol. The van der Waals surface area contributed by atoms with E-state index in [-0.39, 0.29) is 11.5 Å². The Bertz CT molecular complexity index is 1050. The number of fused-ring (bicyclic) bond motifs is 2. The number of benzene rings is 2. The number of rotatable bonds is 2. The minimum Gasteiger partial charge on any atom is -0.497 e. The second-order valence-electron chi connectivity index (χ2n) is 5.42. The maximum atomic E-state index is 12.5. The molecule has 2 heterocycles. The number of H-pyrrole nitrogens is 1. The number of nitriles is 1. The summed E-state index contributed by atoms with van der Waals surface area (Å²) >= 11 is 0. The summed E-state index contributed by atoms with van der Waals surface area (Å²) in [4.78, 5) is 15.7. The van der Waals surface area contributed by atoms with Gasteiger partial charge < -0.3 is 14.5 Å². The van der Waals surface area contributed by atoms with Crippen molar-refractivity contribution >= 4 is 22.8 Å². The summed E-state index contributed by atoms with van der Waals surface area (Å²) in [5.74, 6) is 1.23. The molecule has 0 atom stereocenters. The Morgan fingerprint density at radius 2 is 2.12 bits per heavy atom. The Morgan fingerprint density at radius 3 is 2.92 bits per heavy atom. The van der Waals surface area contributed by atoms with Gasteiger partial charge in [-0.05, 0) is 42.5 Å². The highest BCUT2D eigenvalue weighted by molar-refractivity contribution is 6.15. The van der Waals surface area contributed by atoms with Gasteiger partial charge in [0.1, 0.15) is 11.5 Å². The molecule has 1 aromatic heterocycles. The number of methoxy groups -OCH3 is 1. The highest BCUT2D eigenvalue weighted by Crippen LogP contribution is 2.33. The summed E-state index contributed by atoms with van der Waals surface area (Å²) in [5, 5.41) is 9.90. The Kier molecular flexibility index (Phi) is 3.10. The fraction of sp³-hybridized carbons (Fsp3) is 0.0526. The molecule has 0 unspecified atom stereocenters. The minimum atomic E-state index is -0.223. The number of hydrogen-bond acceptors (Lipinski definition) is 4. The quantitative estimate of drug-likeness (QED) is 0.732. The average Bonchev–Trinajstić information content (AvgIpc) is 3.16. The van der Waals surface area contributed by atoms with Gasteiger partial charge in [-0.15, -0.1) is 0 Å². The van der Waals surface area contributed by atoms with Gasteiger partial charge in [-0.25, -0.2) is 0 Å². The second kappa shape index (κ2) is 5.28. The van der Waals surface area contributed by atoms with E-state index in [2.05, 4.69) is 4.98 Å². The summed E-state index contributed by atoms with van der Waals surface area (Å²) in [6.07, 6.45) is 3.52. The van der Waals surface area contributed by atoms with Gasteiger partial charge in [-0.1, -0.05) is 0 Å². The van der Waals surface area contributed by atoms with Crippen LogP contribution in [-0.2, 0) is 0 Å². The first-order valence-corrected chi connectivity index (χ1v) is 7.33. The van der Waals surface area contributed by atoms with Gasteiger partial charge in [0.05, 0.1) is 24.3 Å². The van der Waals surface area contributed by atoms with Gasteiger partial charge in [0, 0.05) is 22.7 Å². The molecule has 0 fully saturated rings. The van der Waals surface area contributed by atoms with Crippen molar-refractivity contribution in [2.45, 2.75) is 0 Å². The normalized spacial score (nSPS) is 14.5. The Balaban J connectivity index is 1.78. The van der Waals surface area contributed by atoms with Crippen molar-refractivity contribution in [1.29, 1.82) is 5.26 Å². The Morgan fingerprint density at radius 1 is 1.25 bits per heavy atom. The number of carbonyl (C=O) groups excluding carboxylic acids is 1. The molecule has 4 rings (SSSR count). The van der Waals surface area contributed by atoms with Gasteiger partial charge in [-0.2, -0.15) is 5.26 Å². The number of aromatic amines is 1. The largest absolute Gasteiger partial charge is 0.497 e. The van der Waals surface area contributed by atoms with Crippen molar-refractivity contribution in [1.82, 2.24) is 4.98 Å². The van der Waals surface area contributed by atoms with Crippen LogP contribution in [0.2, 0.25) is 0 Å². The van der Waals surface area contributed by atoms with E-state index in [4.69, 9.17) is 14.7 Å². The Labute approximate surface area is 137 Å². The van der Waals surface area contributed by atoms with E-state index in [1.165, 1.54) is 0 Å². The number of allylic oxidation sites excluding steroid dienone is 1. The van der Waals surface area contributed by atoms with Crippen LogP contribution in [0.25, 0.3) is 17.0 Å². The monoisotopic (exact) mass is 316 g/mol. The summed E-state index contributed by atoms with van der Waals surface area (Å²) in [5.41, 5.74) is 2.62. The van der Waals surface area contributed by atoms with Crippen LogP contribution in [-0.4, -0.2) is 17.9 Å². The second-order valence-corrected chi connectivity index (χ2v) is 5.42. The number of ether oxygens (including phenoxy) is 2. The molecule has 1 aliphatic heterocycles. The zero-order chi connectivity index (χ0) is 16.7. The lowest BCUT2D eigenvalue weighted by Gasteiger charge is -2.00. The number of aromatic nitrogens is 1. The van der Waals surface area contributed by atoms with Crippen LogP contribution in [0, 0.1) is 11.3 Å². The van der Waals surface area contributed by atoms with Crippen LogP contribution in [0.3, 0.4) is 0 Å². The molecular formula is C19H12N2O3. The number of hydrogen-bond donors (Lipinski definition) is 1. The van der Waals surface area contributed by atoms with E-state index in [1.54, 1.807) is 31.4 Å². The smallest absolute Gasteiger partial charge is 0.232 e. The highest BCUT2D eigenvalue weighted by atomic mass is 16.5. The topological polar surface area (TPSA) is 75.1 Å². The van der Waals surface area contributed by atoms with Crippen LogP contribution in [0.1, 0.15) is 21.5 Å². The molecule has 0 amide bonds. The molecule has 24 heavy (non-hydrogen) atoms. The van der Waals surface area contributed by atoms with Crippen molar-refractivity contribution in [2.75, 3.05) is 7.11 Å². The van der Waals surface area contributed by atoms with Crippen LogP contribution >= 0.6 is 0 Å². The van der Waals surface area contributed by atoms with Crippen molar-refractivity contribution < 1.29 is 14.3 Å². The molecule has 0 spiro atoms. The molecule has 5 heteroatoms. The number of nitrogens with zero attached hydrogens (tertiary/aromatic N) is 1. The van der Waals surface area contributed by atoms with Crippen molar-refractivity contribution in [3.8, 4) is 17.6 Å². The van der Waals surface area contributed by atoms with Crippen LogP contribution < -0.4 is 9.47 Å². The van der Waals surface area contributed by atoms with Crippen molar-refractivity contribution in [2.24, 2.45) is 0 Å². The van der Waals surface area contributed by atoms with Gasteiger partial charge in [0.2, 0.25) is 5.78 Å². The van der Waals surface area contributed by atoms with Crippen LogP contribution in [0.15, 0.2) is 48.4 Å². The molecule has 5 nitrogen and oxygen atoms in total. The zero-order valence-electron chi connectivity index (χ0n) is 12.8. The first-order chi connectivity index (χ1) is 11.7. The SMILES string of the molecule is COc1ccc2[nH]cc(/C=C3\Oc4ccc(C#N)cc4C3=O)c2c1. The molecule has 0 saturated carbocycles. The van der Waals surface area contributed by atoms with Crippen LogP contribution in [0.5, 0.6) is 11.5 Å². The predicted octanol–water partition coefficient (Wildman–Crippen LogP) is 3.66. The zero-order valence-corrected chi connectivity index (χ0v) is 12.8. The third kappa shape index (κ3) is 2.13. The number of nitrogens with one attached hydrogen (secondary N) is 1. The van der Waals surface area contributed by atoms with Gasteiger partial charge in [-0.3, -0.25) is 4.79 Å². The Hall–Kier alpha value is -3.52. The summed E-state index contributed by atoms with van der Waals surface area (Å²) in [6, 6.07) is 12.5. The van der Waals surface area contributed by atoms with E-state index in [0.29, 0.717) is 16.9 Å². The summed E-state index contributed by atoms with van der Waals surface area (Å²) < 4.78 is 10.9. The van der Waals surface area contributed by atoms with Crippen LogP contribution in [0.4, 0.5) is 0 Å². The molecule has 0 radical (unpaired) electrons. The lowest BCUT2D eigenvalue weighted by molar-refractivity contribution is 0.101. The molecular weight excluding hydrogens is 304 g/mol. The number of ketones is 1. The highest BCUT2D eigenvalue weighted by Gasteiger charge is 2.27. The standard InChI is InChI=1S/C19H12N2O3/c1-23-13-3-4-16-14(8-13)12(10-21-16)7-18-19(22)15-6-11(9-20)2-5-17(15)24-18/h2-8,10,21H,1H3/b18-7-. The fourth-order valence-electron chi connectivity index (χ4n) is 2.77. The lowest BCUT2D eigenvalue weighted by Crippen LogP contribution is -1.98. The first-order valence-electron chi connectivity index (χ1n) is 7.33. The van der Waals surface area contributed by atoms with E-state index in [0.717, 1.165) is 22.2 Å². The number of Topliss-reactive ketones (excluding diaryl/α,β-unsaturated/α-hetero) is 1. The summed E-state index contributed by atoms with van der Waals surface area (Å²) in [7, 11) is 1.61. The van der Waals surface area contributed by atoms with Crippen molar-refractivity contribution in [3.05, 3.63) is 65.0 Å². The maximum absolute atomic E-state index is 12.5. The molecule has 1 N–H and O–H groups in total. The van der Waals surface area contributed by atoms with Gasteiger partial charge >= 0.3 is 0 Å². The van der Waals surface area contributed by atoms with Gasteiger partial charge in [0.15, 0.2) is 5.76 Å². The predicted molar refractivity (Wildman–Crippen MR) is 88.9 cm³/mol. The number of carbonyl (C=O) groups is 1. The lowest BCUT2D eigenvalue weighted by atomic mass is 10.1. The van der Waals surface area contributed by atoms with E-state index < -0.39 is 0 Å². The molecule has 2 aromatic carbocycles. The minimum absolute atomic E-state index is 0.223. The first kappa shape index (κ1) is 14.1. The van der Waals surface area contributed by atoms with E-state index in [1.807, 2.05) is 30.5 Å². The third-order valence-electron chi connectivity index (χ3n) is 4.00. The molecule has 3 aromatic rings. The van der Waals surface area contributed by atoms with Crippen molar-refractivity contribution in [3.63, 3.8) is 0 Å². The fourth-order valence-corrected chi connectivity index (χ4v) is 2.77. The molecule has 1 aliphatic rings. The molecule has 0 bridgehead atoms. The maximum Gasteiger partial charge on any atom is 0.232 e. The third-order valence-corrected chi connectivity index (χ3v) is 4.00.